The summed E-state index contributed by atoms with van der Waals surface area (Å²) in [5.41, 5.74) is 1.19. The fraction of sp³-hybridized carbons (Fsp3) is 0.364. The van der Waals surface area contributed by atoms with E-state index < -0.39 is 16.1 Å². The van der Waals surface area contributed by atoms with Crippen molar-refractivity contribution in [1.29, 1.82) is 0 Å². The summed E-state index contributed by atoms with van der Waals surface area (Å²) in [5, 5.41) is 0. The number of hydrogen-bond donors (Lipinski definition) is 1. The monoisotopic (exact) mass is 254 g/mol. The number of amides is 1. The molecule has 0 spiro atoms. The van der Waals surface area contributed by atoms with Gasteiger partial charge in [0.05, 0.1) is 12.1 Å². The number of anilines is 1. The third-order valence-electron chi connectivity index (χ3n) is 2.40. The van der Waals surface area contributed by atoms with Crippen LogP contribution in [0.25, 0.3) is 0 Å². The van der Waals surface area contributed by atoms with Gasteiger partial charge in [-0.05, 0) is 25.5 Å². The minimum atomic E-state index is -3.79. The van der Waals surface area contributed by atoms with E-state index in [0.29, 0.717) is 5.69 Å². The van der Waals surface area contributed by atoms with E-state index in [1.54, 1.807) is 38.1 Å². The van der Waals surface area contributed by atoms with Crippen LogP contribution in [0.3, 0.4) is 0 Å². The highest BCUT2D eigenvalue weighted by Crippen LogP contribution is 2.30. The lowest BCUT2D eigenvalue weighted by Crippen LogP contribution is -2.45. The third kappa shape index (κ3) is 2.18. The molecule has 0 saturated carbocycles. The molecule has 0 saturated heterocycles. The molecule has 5 nitrogen and oxygen atoms in total. The summed E-state index contributed by atoms with van der Waals surface area (Å²) in [6.45, 7) is 3.42. The molecule has 1 aliphatic heterocycles. The van der Waals surface area contributed by atoms with E-state index in [2.05, 4.69) is 4.72 Å². The Morgan fingerprint density at radius 2 is 1.94 bits per heavy atom. The Kier molecular flexibility index (Phi) is 2.92. The fourth-order valence-corrected chi connectivity index (χ4v) is 3.31. The number of carbonyl (C=O) groups excluding carboxylic acids is 1. The van der Waals surface area contributed by atoms with Crippen LogP contribution in [0.4, 0.5) is 5.69 Å². The Bertz CT molecular complexity index is 552. The molecule has 1 amide bonds. The highest BCUT2D eigenvalue weighted by molar-refractivity contribution is 7.91. The highest BCUT2D eigenvalue weighted by atomic mass is 32.2. The Morgan fingerprint density at radius 1 is 1.29 bits per heavy atom. The van der Waals surface area contributed by atoms with Gasteiger partial charge in [-0.15, -0.1) is 0 Å². The second-order valence-electron chi connectivity index (χ2n) is 4.24. The van der Waals surface area contributed by atoms with Gasteiger partial charge in [-0.25, -0.2) is 0 Å². The summed E-state index contributed by atoms with van der Waals surface area (Å²) in [5.74, 6) is -0.417. The van der Waals surface area contributed by atoms with E-state index in [0.717, 1.165) is 9.87 Å². The summed E-state index contributed by atoms with van der Waals surface area (Å²) in [7, 11) is -3.79. The van der Waals surface area contributed by atoms with Gasteiger partial charge in [-0.2, -0.15) is 17.4 Å². The number of rotatable bonds is 3. The number of nitrogens with one attached hydrogen (secondary N) is 1. The molecule has 0 radical (unpaired) electrons. The fourth-order valence-electron chi connectivity index (χ4n) is 1.84. The van der Waals surface area contributed by atoms with Gasteiger partial charge in [0, 0.05) is 6.04 Å². The van der Waals surface area contributed by atoms with Crippen LogP contribution in [0.1, 0.15) is 19.4 Å². The standard InChI is InChI=1S/C11H14N2O3S/c1-8(2)12-17(15,16)13-10-6-4-3-5-9(10)7-11(13)14/h3-6,8,12H,7H2,1-2H3. The maximum Gasteiger partial charge on any atom is 0.308 e. The van der Waals surface area contributed by atoms with Crippen LogP contribution in [-0.2, 0) is 21.4 Å². The third-order valence-corrected chi connectivity index (χ3v) is 4.05. The van der Waals surface area contributed by atoms with E-state index >= 15 is 0 Å². The number of benzene rings is 1. The zero-order valence-corrected chi connectivity index (χ0v) is 10.5. The van der Waals surface area contributed by atoms with Gasteiger partial charge in [0.15, 0.2) is 0 Å². The summed E-state index contributed by atoms with van der Waals surface area (Å²) < 4.78 is 27.3. The molecule has 0 bridgehead atoms. The van der Waals surface area contributed by atoms with E-state index in [4.69, 9.17) is 0 Å². The minimum absolute atomic E-state index is 0.134. The lowest BCUT2D eigenvalue weighted by atomic mass is 10.2. The van der Waals surface area contributed by atoms with Crippen LogP contribution in [0, 0.1) is 0 Å². The van der Waals surface area contributed by atoms with Crippen molar-refractivity contribution in [3.63, 3.8) is 0 Å². The molecular formula is C11H14N2O3S. The van der Waals surface area contributed by atoms with Crippen molar-refractivity contribution in [3.05, 3.63) is 29.8 Å². The largest absolute Gasteiger partial charge is 0.308 e. The lowest BCUT2D eigenvalue weighted by Gasteiger charge is -2.19. The molecule has 0 unspecified atom stereocenters. The van der Waals surface area contributed by atoms with E-state index in [1.807, 2.05) is 0 Å². The molecule has 0 fully saturated rings. The van der Waals surface area contributed by atoms with E-state index in [9.17, 15) is 13.2 Å². The van der Waals surface area contributed by atoms with Crippen molar-refractivity contribution in [2.75, 3.05) is 4.31 Å². The smallest absolute Gasteiger partial charge is 0.273 e. The summed E-state index contributed by atoms with van der Waals surface area (Å²) in [4.78, 5) is 11.8. The molecule has 1 aliphatic rings. The molecule has 1 aromatic rings. The number of para-hydroxylation sites is 1. The number of hydrogen-bond acceptors (Lipinski definition) is 3. The second-order valence-corrected chi connectivity index (χ2v) is 5.79. The first kappa shape index (κ1) is 12.1. The summed E-state index contributed by atoms with van der Waals surface area (Å²) >= 11 is 0. The first-order valence-corrected chi connectivity index (χ1v) is 6.79. The number of carbonyl (C=O) groups is 1. The van der Waals surface area contributed by atoms with Crippen LogP contribution in [0.2, 0.25) is 0 Å². The molecule has 6 heteroatoms. The molecule has 92 valence electrons. The number of fused-ring (bicyclic) bond motifs is 1. The first-order valence-electron chi connectivity index (χ1n) is 5.35. The zero-order valence-electron chi connectivity index (χ0n) is 9.67. The van der Waals surface area contributed by atoms with Crippen LogP contribution >= 0.6 is 0 Å². The van der Waals surface area contributed by atoms with Crippen molar-refractivity contribution in [2.45, 2.75) is 26.3 Å². The predicted octanol–water partition coefficient (Wildman–Crippen LogP) is 0.818. The van der Waals surface area contributed by atoms with Crippen molar-refractivity contribution in [1.82, 2.24) is 4.72 Å². The lowest BCUT2D eigenvalue weighted by molar-refractivity contribution is -0.116. The van der Waals surface area contributed by atoms with Gasteiger partial charge in [0.25, 0.3) is 0 Å². The van der Waals surface area contributed by atoms with Crippen molar-refractivity contribution in [2.24, 2.45) is 0 Å². The first-order chi connectivity index (χ1) is 7.92. The predicted molar refractivity (Wildman–Crippen MR) is 64.8 cm³/mol. The van der Waals surface area contributed by atoms with E-state index in [1.165, 1.54) is 0 Å². The highest BCUT2D eigenvalue weighted by Gasteiger charge is 2.36. The molecule has 17 heavy (non-hydrogen) atoms. The molecule has 0 aliphatic carbocycles. The molecular weight excluding hydrogens is 240 g/mol. The molecule has 2 rings (SSSR count). The molecule has 0 atom stereocenters. The topological polar surface area (TPSA) is 66.5 Å². The number of nitrogens with zero attached hydrogens (tertiary/aromatic N) is 1. The normalized spacial score (nSPS) is 15.5. The Hall–Kier alpha value is -1.40. The van der Waals surface area contributed by atoms with Gasteiger partial charge in [0.1, 0.15) is 0 Å². The maximum absolute atomic E-state index is 12.0. The summed E-state index contributed by atoms with van der Waals surface area (Å²) in [6, 6.07) is 6.66. The van der Waals surface area contributed by atoms with Crippen LogP contribution < -0.4 is 9.03 Å². The Balaban J connectivity index is 2.43. The molecule has 1 aromatic carbocycles. The van der Waals surface area contributed by atoms with Gasteiger partial charge in [-0.1, -0.05) is 18.2 Å². The minimum Gasteiger partial charge on any atom is -0.273 e. The van der Waals surface area contributed by atoms with Gasteiger partial charge in [0.2, 0.25) is 5.91 Å². The average molecular weight is 254 g/mol. The average Bonchev–Trinajstić information content (AvgIpc) is 2.51. The van der Waals surface area contributed by atoms with Crippen molar-refractivity contribution in [3.8, 4) is 0 Å². The Morgan fingerprint density at radius 3 is 2.59 bits per heavy atom. The molecule has 0 aromatic heterocycles. The van der Waals surface area contributed by atoms with Crippen LogP contribution in [0.5, 0.6) is 0 Å². The summed E-state index contributed by atoms with van der Waals surface area (Å²) in [6.07, 6.45) is 0.134. The zero-order chi connectivity index (χ0) is 12.6. The molecule has 1 N–H and O–H groups in total. The van der Waals surface area contributed by atoms with Gasteiger partial charge in [-0.3, -0.25) is 4.79 Å². The maximum atomic E-state index is 12.0. The van der Waals surface area contributed by atoms with Crippen LogP contribution in [0.15, 0.2) is 24.3 Å². The van der Waals surface area contributed by atoms with Gasteiger partial charge < -0.3 is 0 Å². The SMILES string of the molecule is CC(C)NS(=O)(=O)N1C(=O)Cc2ccccc21. The second kappa shape index (κ2) is 4.12. The molecule has 1 heterocycles. The van der Waals surface area contributed by atoms with Crippen LogP contribution in [-0.4, -0.2) is 20.4 Å². The van der Waals surface area contributed by atoms with Crippen molar-refractivity contribution >= 4 is 21.8 Å². The van der Waals surface area contributed by atoms with E-state index in [-0.39, 0.29) is 12.5 Å². The quantitative estimate of drug-likeness (QED) is 0.868. The Labute approximate surface area is 101 Å². The van der Waals surface area contributed by atoms with Crippen molar-refractivity contribution < 1.29 is 13.2 Å². The van der Waals surface area contributed by atoms with Gasteiger partial charge >= 0.3 is 10.2 Å².